The van der Waals surface area contributed by atoms with E-state index in [4.69, 9.17) is 10.3 Å². The Kier molecular flexibility index (Phi) is 1.96. The molecule has 4 nitrogen and oxygen atoms in total. The highest BCUT2D eigenvalue weighted by atomic mass is 16.5. The molecule has 1 aromatic rings. The Morgan fingerprint density at radius 1 is 1.18 bits per heavy atom. The summed E-state index contributed by atoms with van der Waals surface area (Å²) in [5.74, 6) is 3.46. The Labute approximate surface area is 101 Å². The molecule has 0 aliphatic heterocycles. The fourth-order valence-corrected chi connectivity index (χ4v) is 5.15. The molecular formula is C13H19N3O. The van der Waals surface area contributed by atoms with Crippen LogP contribution in [0.4, 0.5) is 0 Å². The molecule has 4 aliphatic carbocycles. The monoisotopic (exact) mass is 233 g/mol. The molecule has 17 heavy (non-hydrogen) atoms. The van der Waals surface area contributed by atoms with Crippen LogP contribution in [0.25, 0.3) is 0 Å². The predicted molar refractivity (Wildman–Crippen MR) is 61.8 cm³/mol. The fourth-order valence-electron chi connectivity index (χ4n) is 5.15. The Morgan fingerprint density at radius 2 is 1.76 bits per heavy atom. The van der Waals surface area contributed by atoms with Gasteiger partial charge in [-0.2, -0.15) is 4.98 Å². The van der Waals surface area contributed by atoms with Crippen LogP contribution in [0.3, 0.4) is 0 Å². The van der Waals surface area contributed by atoms with Gasteiger partial charge in [0.25, 0.3) is 0 Å². The van der Waals surface area contributed by atoms with Gasteiger partial charge in [-0.25, -0.2) is 0 Å². The lowest BCUT2D eigenvalue weighted by Crippen LogP contribution is -2.51. The molecule has 4 saturated carbocycles. The van der Waals surface area contributed by atoms with E-state index in [1.54, 1.807) is 0 Å². The molecule has 0 radical (unpaired) electrons. The van der Waals surface area contributed by atoms with Crippen LogP contribution in [-0.2, 0) is 0 Å². The normalized spacial score (nSPS) is 45.1. The molecule has 5 rings (SSSR count). The van der Waals surface area contributed by atoms with Crippen LogP contribution >= 0.6 is 0 Å². The van der Waals surface area contributed by atoms with E-state index in [0.29, 0.717) is 5.82 Å². The highest BCUT2D eigenvalue weighted by molar-refractivity contribution is 5.09. The summed E-state index contributed by atoms with van der Waals surface area (Å²) in [7, 11) is 0. The molecule has 0 saturated heterocycles. The molecular weight excluding hydrogens is 214 g/mol. The highest BCUT2D eigenvalue weighted by Gasteiger charge is 2.54. The molecule has 4 aliphatic rings. The molecule has 4 fully saturated rings. The van der Waals surface area contributed by atoms with Crippen LogP contribution in [0.1, 0.15) is 50.4 Å². The molecule has 1 unspecified atom stereocenters. The maximum atomic E-state index is 6.45. The quantitative estimate of drug-likeness (QED) is 0.851. The van der Waals surface area contributed by atoms with Gasteiger partial charge in [-0.05, 0) is 61.7 Å². The van der Waals surface area contributed by atoms with Crippen molar-refractivity contribution in [3.05, 3.63) is 12.2 Å². The molecule has 0 aromatic carbocycles. The lowest BCUT2D eigenvalue weighted by atomic mass is 9.47. The summed E-state index contributed by atoms with van der Waals surface area (Å²) in [5.41, 5.74) is 6.73. The van der Waals surface area contributed by atoms with Crippen molar-refractivity contribution in [2.45, 2.75) is 44.6 Å². The van der Waals surface area contributed by atoms with Crippen LogP contribution < -0.4 is 5.73 Å². The van der Waals surface area contributed by atoms with Gasteiger partial charge in [-0.1, -0.05) is 5.16 Å². The third-order valence-electron chi connectivity index (χ3n) is 5.40. The average Bonchev–Trinajstić information content (AvgIpc) is 2.79. The zero-order chi connectivity index (χ0) is 11.5. The van der Waals surface area contributed by atoms with Gasteiger partial charge in [-0.3, -0.25) is 0 Å². The van der Waals surface area contributed by atoms with Gasteiger partial charge < -0.3 is 10.3 Å². The summed E-state index contributed by atoms with van der Waals surface area (Å²) >= 11 is 0. The molecule has 0 spiro atoms. The van der Waals surface area contributed by atoms with E-state index in [0.717, 1.165) is 17.8 Å². The van der Waals surface area contributed by atoms with Crippen LogP contribution in [-0.4, -0.2) is 10.1 Å². The summed E-state index contributed by atoms with van der Waals surface area (Å²) in [6, 6.07) is -0.0188. The standard InChI is InChI=1S/C13H19N3O/c14-11(12-15-7-17-16-12)13-4-8-1-9(5-13)3-10(2-8)6-13/h7-11H,1-6,14H2. The van der Waals surface area contributed by atoms with E-state index in [9.17, 15) is 0 Å². The van der Waals surface area contributed by atoms with Crippen molar-refractivity contribution in [3.8, 4) is 0 Å². The number of nitrogens with zero attached hydrogens (tertiary/aromatic N) is 2. The van der Waals surface area contributed by atoms with E-state index < -0.39 is 0 Å². The van der Waals surface area contributed by atoms with Gasteiger partial charge in [0.05, 0.1) is 6.04 Å². The number of rotatable bonds is 2. The molecule has 0 amide bonds. The molecule has 4 bridgehead atoms. The van der Waals surface area contributed by atoms with Gasteiger partial charge in [0.1, 0.15) is 0 Å². The van der Waals surface area contributed by atoms with Gasteiger partial charge in [0, 0.05) is 0 Å². The van der Waals surface area contributed by atoms with E-state index >= 15 is 0 Å². The smallest absolute Gasteiger partial charge is 0.213 e. The third kappa shape index (κ3) is 1.39. The molecule has 1 aromatic heterocycles. The topological polar surface area (TPSA) is 64.9 Å². The summed E-state index contributed by atoms with van der Waals surface area (Å²) in [6.07, 6.45) is 9.59. The number of aromatic nitrogens is 2. The van der Waals surface area contributed by atoms with Crippen LogP contribution in [0.2, 0.25) is 0 Å². The summed E-state index contributed by atoms with van der Waals surface area (Å²) < 4.78 is 4.86. The minimum Gasteiger partial charge on any atom is -0.343 e. The summed E-state index contributed by atoms with van der Waals surface area (Å²) in [6.45, 7) is 0. The van der Waals surface area contributed by atoms with Crippen LogP contribution in [0.15, 0.2) is 10.9 Å². The Morgan fingerprint density at radius 3 is 2.24 bits per heavy atom. The molecule has 1 atom stereocenters. The highest BCUT2D eigenvalue weighted by Crippen LogP contribution is 2.63. The lowest BCUT2D eigenvalue weighted by molar-refractivity contribution is -0.0694. The average molecular weight is 233 g/mol. The van der Waals surface area contributed by atoms with Gasteiger partial charge in [0.2, 0.25) is 6.39 Å². The first-order valence-corrected chi connectivity index (χ1v) is 6.77. The predicted octanol–water partition coefficient (Wildman–Crippen LogP) is 2.29. The van der Waals surface area contributed by atoms with Crippen molar-refractivity contribution in [1.82, 2.24) is 10.1 Å². The first-order valence-electron chi connectivity index (χ1n) is 6.77. The maximum absolute atomic E-state index is 6.45. The second kappa shape index (κ2) is 3.31. The molecule has 2 N–H and O–H groups in total. The zero-order valence-corrected chi connectivity index (χ0v) is 10.0. The van der Waals surface area contributed by atoms with Crippen molar-refractivity contribution in [2.24, 2.45) is 28.9 Å². The van der Waals surface area contributed by atoms with E-state index in [1.807, 2.05) is 0 Å². The van der Waals surface area contributed by atoms with Crippen LogP contribution in [0, 0.1) is 23.2 Å². The Hall–Kier alpha value is -0.900. The largest absolute Gasteiger partial charge is 0.343 e. The number of hydrogen-bond donors (Lipinski definition) is 1. The SMILES string of the molecule is NC(c1ncon1)C12CC3CC(CC(C3)C1)C2. The summed E-state index contributed by atoms with van der Waals surface area (Å²) in [4.78, 5) is 4.17. The number of nitrogens with two attached hydrogens (primary N) is 1. The van der Waals surface area contributed by atoms with Gasteiger partial charge in [-0.15, -0.1) is 0 Å². The van der Waals surface area contributed by atoms with Crippen molar-refractivity contribution < 1.29 is 4.52 Å². The van der Waals surface area contributed by atoms with Crippen LogP contribution in [0.5, 0.6) is 0 Å². The van der Waals surface area contributed by atoms with Crippen molar-refractivity contribution in [1.29, 1.82) is 0 Å². The van der Waals surface area contributed by atoms with Crippen molar-refractivity contribution in [3.63, 3.8) is 0 Å². The maximum Gasteiger partial charge on any atom is 0.213 e. The second-order valence-electron chi connectivity index (χ2n) is 6.55. The second-order valence-corrected chi connectivity index (χ2v) is 6.55. The minimum absolute atomic E-state index is 0.0188. The van der Waals surface area contributed by atoms with E-state index in [-0.39, 0.29) is 11.5 Å². The zero-order valence-electron chi connectivity index (χ0n) is 10.0. The minimum atomic E-state index is -0.0188. The molecule has 1 heterocycles. The third-order valence-corrected chi connectivity index (χ3v) is 5.40. The van der Waals surface area contributed by atoms with E-state index in [2.05, 4.69) is 10.1 Å². The lowest BCUT2D eigenvalue weighted by Gasteiger charge is -2.58. The molecule has 4 heteroatoms. The summed E-state index contributed by atoms with van der Waals surface area (Å²) in [5, 5.41) is 3.96. The van der Waals surface area contributed by atoms with Crippen molar-refractivity contribution >= 4 is 0 Å². The van der Waals surface area contributed by atoms with Gasteiger partial charge >= 0.3 is 0 Å². The van der Waals surface area contributed by atoms with Gasteiger partial charge in [0.15, 0.2) is 5.82 Å². The van der Waals surface area contributed by atoms with E-state index in [1.165, 1.54) is 44.9 Å². The first kappa shape index (κ1) is 10.1. The number of hydrogen-bond acceptors (Lipinski definition) is 4. The fraction of sp³-hybridized carbons (Fsp3) is 0.846. The Bertz CT molecular complexity index is 379. The first-order chi connectivity index (χ1) is 8.25. The Balaban J connectivity index is 1.68. The van der Waals surface area contributed by atoms with Crippen molar-refractivity contribution in [2.75, 3.05) is 0 Å². The molecule has 92 valence electrons.